The number of rotatable bonds is 2. The lowest BCUT2D eigenvalue weighted by Gasteiger charge is -2.45. The van der Waals surface area contributed by atoms with Crippen LogP contribution in [0.15, 0.2) is 23.2 Å². The number of halogens is 2. The van der Waals surface area contributed by atoms with E-state index in [0.717, 1.165) is 30.4 Å². The molecule has 2 unspecified atom stereocenters. The third-order valence-corrected chi connectivity index (χ3v) is 6.50. The van der Waals surface area contributed by atoms with Crippen LogP contribution in [0.4, 0.5) is 4.39 Å². The summed E-state index contributed by atoms with van der Waals surface area (Å²) in [5.41, 5.74) is 6.60. The van der Waals surface area contributed by atoms with E-state index in [2.05, 4.69) is 0 Å². The standard InChI is InChI=1S/C19H23ClFN3O2/c1-11(21)26-14-5-7-18(8-6-14)10-12-3-4-13(20)9-15(12)19(18)16(25)24(2)17(22)23-19/h3-4,9,11,14H,5-8,10H2,1-2H3,(H2,22,23). The van der Waals surface area contributed by atoms with Crippen LogP contribution in [-0.2, 0) is 21.5 Å². The summed E-state index contributed by atoms with van der Waals surface area (Å²) < 4.78 is 18.6. The summed E-state index contributed by atoms with van der Waals surface area (Å²) in [6.07, 6.45) is 2.19. The first kappa shape index (κ1) is 17.7. The van der Waals surface area contributed by atoms with Crippen molar-refractivity contribution in [3.8, 4) is 0 Å². The van der Waals surface area contributed by atoms with Gasteiger partial charge in [-0.3, -0.25) is 9.69 Å². The highest BCUT2D eigenvalue weighted by molar-refractivity contribution is 6.30. The van der Waals surface area contributed by atoms with Crippen molar-refractivity contribution < 1.29 is 13.9 Å². The van der Waals surface area contributed by atoms with Crippen LogP contribution in [0.1, 0.15) is 43.7 Å². The fourth-order valence-electron chi connectivity index (χ4n) is 5.06. The molecule has 1 saturated carbocycles. The van der Waals surface area contributed by atoms with Gasteiger partial charge < -0.3 is 10.5 Å². The fraction of sp³-hybridized carbons (Fsp3) is 0.579. The van der Waals surface area contributed by atoms with Gasteiger partial charge in [0.2, 0.25) is 0 Å². The molecule has 0 radical (unpaired) electrons. The van der Waals surface area contributed by atoms with Crippen LogP contribution < -0.4 is 5.73 Å². The summed E-state index contributed by atoms with van der Waals surface area (Å²) >= 11 is 6.25. The second kappa shape index (κ2) is 5.92. The Hall–Kier alpha value is -1.66. The summed E-state index contributed by atoms with van der Waals surface area (Å²) in [7, 11) is 1.66. The van der Waals surface area contributed by atoms with E-state index >= 15 is 0 Å². The van der Waals surface area contributed by atoms with Crippen molar-refractivity contribution in [1.82, 2.24) is 4.90 Å². The number of hydrogen-bond donors (Lipinski definition) is 1. The predicted molar refractivity (Wildman–Crippen MR) is 97.6 cm³/mol. The van der Waals surface area contributed by atoms with Gasteiger partial charge in [0.1, 0.15) is 0 Å². The summed E-state index contributed by atoms with van der Waals surface area (Å²) in [5, 5.41) is 0.583. The van der Waals surface area contributed by atoms with Crippen LogP contribution in [0.5, 0.6) is 0 Å². The van der Waals surface area contributed by atoms with Crippen molar-refractivity contribution in [1.29, 1.82) is 0 Å². The maximum atomic E-state index is 13.3. The Morgan fingerprint density at radius 3 is 2.69 bits per heavy atom. The first-order chi connectivity index (χ1) is 12.3. The van der Waals surface area contributed by atoms with Gasteiger partial charge in [0, 0.05) is 17.5 Å². The minimum atomic E-state index is -1.28. The third kappa shape index (κ3) is 2.31. The molecule has 3 aliphatic rings. The van der Waals surface area contributed by atoms with Gasteiger partial charge in [0.15, 0.2) is 17.9 Å². The molecule has 2 aliphatic carbocycles. The number of carbonyl (C=O) groups excluding carboxylic acids is 1. The lowest BCUT2D eigenvalue weighted by atomic mass is 9.61. The first-order valence-corrected chi connectivity index (χ1v) is 9.39. The minimum absolute atomic E-state index is 0.103. The first-order valence-electron chi connectivity index (χ1n) is 9.01. The monoisotopic (exact) mass is 379 g/mol. The van der Waals surface area contributed by atoms with Crippen LogP contribution in [0.25, 0.3) is 0 Å². The van der Waals surface area contributed by atoms with E-state index in [4.69, 9.17) is 27.1 Å². The molecule has 4 rings (SSSR count). The third-order valence-electron chi connectivity index (χ3n) is 6.27. The number of benzene rings is 1. The van der Waals surface area contributed by atoms with E-state index in [1.165, 1.54) is 11.8 Å². The molecule has 1 fully saturated rings. The van der Waals surface area contributed by atoms with Gasteiger partial charge >= 0.3 is 0 Å². The molecule has 140 valence electrons. The van der Waals surface area contributed by atoms with Crippen LogP contribution >= 0.6 is 11.6 Å². The average molecular weight is 380 g/mol. The molecule has 1 amide bonds. The van der Waals surface area contributed by atoms with Crippen molar-refractivity contribution in [2.24, 2.45) is 16.1 Å². The van der Waals surface area contributed by atoms with E-state index < -0.39 is 11.9 Å². The number of alkyl halides is 1. The highest BCUT2D eigenvalue weighted by atomic mass is 35.5. The lowest BCUT2D eigenvalue weighted by molar-refractivity contribution is -0.140. The molecule has 0 bridgehead atoms. The lowest BCUT2D eigenvalue weighted by Crippen LogP contribution is -2.51. The molecule has 1 aromatic carbocycles. The van der Waals surface area contributed by atoms with Crippen LogP contribution in [0, 0.1) is 5.41 Å². The van der Waals surface area contributed by atoms with E-state index in [0.29, 0.717) is 17.9 Å². The Bertz CT molecular complexity index is 789. The number of nitrogens with zero attached hydrogens (tertiary/aromatic N) is 2. The number of nitrogens with two attached hydrogens (primary N) is 1. The minimum Gasteiger partial charge on any atom is -0.369 e. The Balaban J connectivity index is 1.78. The summed E-state index contributed by atoms with van der Waals surface area (Å²) in [5.74, 6) is 0.132. The molecule has 0 aromatic heterocycles. The van der Waals surface area contributed by atoms with Gasteiger partial charge in [-0.15, -0.1) is 0 Å². The van der Waals surface area contributed by atoms with Gasteiger partial charge in [-0.1, -0.05) is 17.7 Å². The SMILES string of the molecule is CC(F)OC1CCC2(CC1)Cc1ccc(Cl)cc1C21N=C(N)N(C)C1=O. The molecule has 2 spiro atoms. The smallest absolute Gasteiger partial charge is 0.262 e. The van der Waals surface area contributed by atoms with Gasteiger partial charge in [-0.2, -0.15) is 0 Å². The molecule has 1 heterocycles. The zero-order chi connectivity index (χ0) is 18.7. The van der Waals surface area contributed by atoms with Gasteiger partial charge in [0.05, 0.1) is 6.10 Å². The van der Waals surface area contributed by atoms with Crippen molar-refractivity contribution in [2.75, 3.05) is 7.05 Å². The van der Waals surface area contributed by atoms with Gasteiger partial charge in [-0.05, 0) is 62.3 Å². The second-order valence-corrected chi connectivity index (χ2v) is 8.12. The molecule has 7 heteroatoms. The van der Waals surface area contributed by atoms with Crippen molar-refractivity contribution in [3.05, 3.63) is 34.3 Å². The fourth-order valence-corrected chi connectivity index (χ4v) is 5.24. The molecule has 1 aromatic rings. The van der Waals surface area contributed by atoms with Crippen molar-refractivity contribution >= 4 is 23.5 Å². The van der Waals surface area contributed by atoms with Crippen LogP contribution in [-0.4, -0.2) is 36.3 Å². The Labute approximate surface area is 157 Å². The van der Waals surface area contributed by atoms with E-state index in [9.17, 15) is 9.18 Å². The number of ether oxygens (including phenoxy) is 1. The van der Waals surface area contributed by atoms with Crippen molar-refractivity contribution in [3.63, 3.8) is 0 Å². The number of amides is 1. The van der Waals surface area contributed by atoms with E-state index in [1.807, 2.05) is 18.2 Å². The Morgan fingerprint density at radius 2 is 2.12 bits per heavy atom. The zero-order valence-electron chi connectivity index (χ0n) is 15.0. The average Bonchev–Trinajstić information content (AvgIpc) is 2.98. The highest BCUT2D eigenvalue weighted by Crippen LogP contribution is 2.62. The number of likely N-dealkylation sites (N-methyl/N-ethyl adjacent to an activating group) is 1. The van der Waals surface area contributed by atoms with E-state index in [-0.39, 0.29) is 23.4 Å². The van der Waals surface area contributed by atoms with E-state index in [1.54, 1.807) is 7.05 Å². The summed E-state index contributed by atoms with van der Waals surface area (Å²) in [6.45, 7) is 1.40. The molecule has 5 nitrogen and oxygen atoms in total. The summed E-state index contributed by atoms with van der Waals surface area (Å²) in [6, 6.07) is 5.69. The largest absolute Gasteiger partial charge is 0.369 e. The molecule has 0 saturated heterocycles. The zero-order valence-corrected chi connectivity index (χ0v) is 15.7. The molecule has 1 aliphatic heterocycles. The Kier molecular flexibility index (Phi) is 4.04. The van der Waals surface area contributed by atoms with Crippen molar-refractivity contribution in [2.45, 2.75) is 57.0 Å². The van der Waals surface area contributed by atoms with Crippen LogP contribution in [0.3, 0.4) is 0 Å². The molecular weight excluding hydrogens is 357 g/mol. The quantitative estimate of drug-likeness (QED) is 0.858. The van der Waals surface area contributed by atoms with Gasteiger partial charge in [-0.25, -0.2) is 9.38 Å². The molecule has 2 N–H and O–H groups in total. The Morgan fingerprint density at radius 1 is 1.42 bits per heavy atom. The highest BCUT2D eigenvalue weighted by Gasteiger charge is 2.66. The number of fused-ring (bicyclic) bond motifs is 3. The number of carbonyl (C=O) groups is 1. The van der Waals surface area contributed by atoms with Crippen LogP contribution in [0.2, 0.25) is 5.02 Å². The molecule has 26 heavy (non-hydrogen) atoms. The van der Waals surface area contributed by atoms with Gasteiger partial charge in [0.25, 0.3) is 5.91 Å². The predicted octanol–water partition coefficient (Wildman–Crippen LogP) is 3.14. The number of aliphatic imine (C=N–C) groups is 1. The second-order valence-electron chi connectivity index (χ2n) is 7.68. The topological polar surface area (TPSA) is 67.9 Å². The number of hydrogen-bond acceptors (Lipinski definition) is 4. The maximum Gasteiger partial charge on any atom is 0.262 e. The normalized spacial score (nSPS) is 34.5. The molecule has 2 atom stereocenters. The summed E-state index contributed by atoms with van der Waals surface area (Å²) in [4.78, 5) is 19.5. The molecular formula is C19H23ClFN3O2. The number of guanidine groups is 1. The maximum absolute atomic E-state index is 13.3.